The van der Waals surface area contributed by atoms with Crippen molar-refractivity contribution in [2.45, 2.75) is 12.5 Å². The molecule has 1 amide bonds. The summed E-state index contributed by atoms with van der Waals surface area (Å²) in [6, 6.07) is 26.8. The van der Waals surface area contributed by atoms with Crippen LogP contribution in [0.3, 0.4) is 0 Å². The van der Waals surface area contributed by atoms with Gasteiger partial charge in [0.25, 0.3) is 5.91 Å². The van der Waals surface area contributed by atoms with Gasteiger partial charge in [0, 0.05) is 11.3 Å². The van der Waals surface area contributed by atoms with Crippen LogP contribution in [0.25, 0.3) is 0 Å². The molecule has 0 aliphatic heterocycles. The van der Waals surface area contributed by atoms with Crippen LogP contribution in [-0.2, 0) is 6.42 Å². The van der Waals surface area contributed by atoms with Gasteiger partial charge in [-0.1, -0.05) is 54.6 Å². The van der Waals surface area contributed by atoms with Crippen LogP contribution in [0.1, 0.15) is 15.9 Å². The molecule has 3 rings (SSSR count). The first-order valence-electron chi connectivity index (χ1n) is 8.92. The summed E-state index contributed by atoms with van der Waals surface area (Å²) in [5, 5.41) is 0. The number of nitrogens with zero attached hydrogens (tertiary/aromatic N) is 1. The van der Waals surface area contributed by atoms with Gasteiger partial charge in [0.15, 0.2) is 0 Å². The molecular formula is C24H23NO2. The van der Waals surface area contributed by atoms with E-state index in [9.17, 15) is 4.79 Å². The van der Waals surface area contributed by atoms with E-state index >= 15 is 0 Å². The fraction of sp³-hybridized carbons (Fsp3) is 0.125. The standard InChI is InChI=1S/C24H23NO2/c1-3-21(18-19-10-6-4-7-11-19)25(22-14-16-23(27-2)17-15-22)24(26)20-12-8-5-9-13-20/h3-17,21H,1,18H2,2H3/t21-/m0/s1. The molecule has 0 aromatic heterocycles. The van der Waals surface area contributed by atoms with Gasteiger partial charge in [-0.25, -0.2) is 0 Å². The third kappa shape index (κ3) is 4.45. The average Bonchev–Trinajstić information content (AvgIpc) is 2.75. The van der Waals surface area contributed by atoms with Crippen LogP contribution >= 0.6 is 0 Å². The molecule has 3 aromatic carbocycles. The van der Waals surface area contributed by atoms with Crippen molar-refractivity contribution in [3.05, 3.63) is 109 Å². The lowest BCUT2D eigenvalue weighted by Crippen LogP contribution is -2.40. The van der Waals surface area contributed by atoms with E-state index in [0.29, 0.717) is 12.0 Å². The summed E-state index contributed by atoms with van der Waals surface area (Å²) in [5.41, 5.74) is 2.61. The fourth-order valence-corrected chi connectivity index (χ4v) is 3.06. The van der Waals surface area contributed by atoms with Crippen molar-refractivity contribution < 1.29 is 9.53 Å². The summed E-state index contributed by atoms with van der Waals surface area (Å²) in [4.78, 5) is 15.1. The number of benzene rings is 3. The monoisotopic (exact) mass is 357 g/mol. The number of amides is 1. The molecule has 0 bridgehead atoms. The zero-order chi connectivity index (χ0) is 19.1. The number of methoxy groups -OCH3 is 1. The highest BCUT2D eigenvalue weighted by atomic mass is 16.5. The molecule has 0 saturated heterocycles. The molecule has 3 aromatic rings. The molecule has 27 heavy (non-hydrogen) atoms. The Hall–Kier alpha value is -3.33. The Labute approximate surface area is 160 Å². The first-order chi connectivity index (χ1) is 13.2. The second-order valence-electron chi connectivity index (χ2n) is 6.23. The Bertz CT molecular complexity index is 873. The molecule has 0 unspecified atom stereocenters. The summed E-state index contributed by atoms with van der Waals surface area (Å²) in [5.74, 6) is 0.700. The number of rotatable bonds is 7. The maximum absolute atomic E-state index is 13.3. The Morgan fingerprint density at radius 1 is 0.963 bits per heavy atom. The highest BCUT2D eigenvalue weighted by Crippen LogP contribution is 2.25. The van der Waals surface area contributed by atoms with Crippen molar-refractivity contribution in [3.8, 4) is 5.75 Å². The fourth-order valence-electron chi connectivity index (χ4n) is 3.06. The Kier molecular flexibility index (Phi) is 6.06. The van der Waals surface area contributed by atoms with Gasteiger partial charge in [0.05, 0.1) is 13.2 Å². The second-order valence-corrected chi connectivity index (χ2v) is 6.23. The smallest absolute Gasteiger partial charge is 0.258 e. The van der Waals surface area contributed by atoms with Crippen molar-refractivity contribution in [2.24, 2.45) is 0 Å². The largest absolute Gasteiger partial charge is 0.497 e. The van der Waals surface area contributed by atoms with Gasteiger partial charge in [-0.05, 0) is 48.4 Å². The molecule has 0 saturated carbocycles. The molecule has 0 aliphatic carbocycles. The van der Waals surface area contributed by atoms with Crippen LogP contribution in [0, 0.1) is 0 Å². The predicted octanol–water partition coefficient (Wildman–Crippen LogP) is 5.14. The first kappa shape index (κ1) is 18.5. The van der Waals surface area contributed by atoms with E-state index in [2.05, 4.69) is 18.7 Å². The third-order valence-electron chi connectivity index (χ3n) is 4.48. The normalized spacial score (nSPS) is 11.4. The van der Waals surface area contributed by atoms with Crippen molar-refractivity contribution >= 4 is 11.6 Å². The molecule has 1 atom stereocenters. The van der Waals surface area contributed by atoms with Crippen molar-refractivity contribution in [3.63, 3.8) is 0 Å². The van der Waals surface area contributed by atoms with E-state index in [4.69, 9.17) is 4.74 Å². The summed E-state index contributed by atoms with van der Waals surface area (Å²) < 4.78 is 5.25. The van der Waals surface area contributed by atoms with Gasteiger partial charge in [0.2, 0.25) is 0 Å². The van der Waals surface area contributed by atoms with Gasteiger partial charge in [-0.3, -0.25) is 4.79 Å². The number of anilines is 1. The van der Waals surface area contributed by atoms with Crippen LogP contribution in [0.4, 0.5) is 5.69 Å². The Morgan fingerprint density at radius 2 is 1.56 bits per heavy atom. The Balaban J connectivity index is 1.99. The summed E-state index contributed by atoms with van der Waals surface area (Å²) >= 11 is 0. The van der Waals surface area contributed by atoms with E-state index in [-0.39, 0.29) is 11.9 Å². The topological polar surface area (TPSA) is 29.5 Å². The highest BCUT2D eigenvalue weighted by molar-refractivity contribution is 6.06. The van der Waals surface area contributed by atoms with Gasteiger partial charge < -0.3 is 9.64 Å². The molecule has 0 heterocycles. The van der Waals surface area contributed by atoms with Gasteiger partial charge in [-0.15, -0.1) is 6.58 Å². The number of ether oxygens (including phenoxy) is 1. The molecule has 0 spiro atoms. The molecular weight excluding hydrogens is 334 g/mol. The molecule has 3 heteroatoms. The molecule has 0 N–H and O–H groups in total. The lowest BCUT2D eigenvalue weighted by molar-refractivity contribution is 0.0981. The summed E-state index contributed by atoms with van der Waals surface area (Å²) in [6.45, 7) is 3.99. The predicted molar refractivity (Wildman–Crippen MR) is 110 cm³/mol. The maximum atomic E-state index is 13.3. The van der Waals surface area contributed by atoms with Crippen molar-refractivity contribution in [1.82, 2.24) is 0 Å². The lowest BCUT2D eigenvalue weighted by atomic mass is 10.0. The van der Waals surface area contributed by atoms with Crippen molar-refractivity contribution in [2.75, 3.05) is 12.0 Å². The molecule has 0 fully saturated rings. The zero-order valence-electron chi connectivity index (χ0n) is 15.4. The summed E-state index contributed by atoms with van der Waals surface area (Å²) in [7, 11) is 1.63. The van der Waals surface area contributed by atoms with Crippen LogP contribution in [0.5, 0.6) is 5.75 Å². The Morgan fingerprint density at radius 3 is 2.11 bits per heavy atom. The minimum atomic E-state index is -0.173. The third-order valence-corrected chi connectivity index (χ3v) is 4.48. The minimum Gasteiger partial charge on any atom is -0.497 e. The number of hydrogen-bond acceptors (Lipinski definition) is 2. The van der Waals surface area contributed by atoms with E-state index in [0.717, 1.165) is 17.0 Å². The van der Waals surface area contributed by atoms with Crippen LogP contribution in [0.2, 0.25) is 0 Å². The quantitative estimate of drug-likeness (QED) is 0.548. The molecule has 0 radical (unpaired) electrons. The zero-order valence-corrected chi connectivity index (χ0v) is 15.4. The van der Waals surface area contributed by atoms with Gasteiger partial charge in [-0.2, -0.15) is 0 Å². The highest BCUT2D eigenvalue weighted by Gasteiger charge is 2.24. The van der Waals surface area contributed by atoms with Gasteiger partial charge in [0.1, 0.15) is 5.75 Å². The number of hydrogen-bond donors (Lipinski definition) is 0. The van der Waals surface area contributed by atoms with Crippen LogP contribution < -0.4 is 9.64 Å². The molecule has 0 aliphatic rings. The average molecular weight is 357 g/mol. The summed E-state index contributed by atoms with van der Waals surface area (Å²) in [6.07, 6.45) is 2.52. The van der Waals surface area contributed by atoms with Crippen molar-refractivity contribution in [1.29, 1.82) is 0 Å². The SMILES string of the molecule is C=C[C@@H](Cc1ccccc1)N(C(=O)c1ccccc1)c1ccc(OC)cc1. The molecule has 3 nitrogen and oxygen atoms in total. The maximum Gasteiger partial charge on any atom is 0.258 e. The van der Waals surface area contributed by atoms with E-state index in [1.807, 2.05) is 78.9 Å². The number of carbonyl (C=O) groups is 1. The first-order valence-corrected chi connectivity index (χ1v) is 8.92. The van der Waals surface area contributed by atoms with Crippen LogP contribution in [-0.4, -0.2) is 19.1 Å². The van der Waals surface area contributed by atoms with Crippen LogP contribution in [0.15, 0.2) is 97.6 Å². The minimum absolute atomic E-state index is 0.0541. The number of carbonyl (C=O) groups excluding carboxylic acids is 1. The molecule has 136 valence electrons. The van der Waals surface area contributed by atoms with E-state index < -0.39 is 0 Å². The lowest BCUT2D eigenvalue weighted by Gasteiger charge is -2.30. The van der Waals surface area contributed by atoms with E-state index in [1.165, 1.54) is 0 Å². The second kappa shape index (κ2) is 8.86. The van der Waals surface area contributed by atoms with Gasteiger partial charge >= 0.3 is 0 Å². The van der Waals surface area contributed by atoms with E-state index in [1.54, 1.807) is 12.0 Å².